The van der Waals surface area contributed by atoms with E-state index >= 15 is 0 Å². The van der Waals surface area contributed by atoms with E-state index in [0.29, 0.717) is 23.9 Å². The van der Waals surface area contributed by atoms with Crippen LogP contribution < -0.4 is 0 Å². The summed E-state index contributed by atoms with van der Waals surface area (Å²) in [7, 11) is 0. The highest BCUT2D eigenvalue weighted by atomic mass is 16.5. The molecule has 8 heteroatoms. The molecule has 0 fully saturated rings. The fourth-order valence-corrected chi connectivity index (χ4v) is 5.34. The fourth-order valence-electron chi connectivity index (χ4n) is 5.34. The minimum atomic E-state index is -1.26. The fraction of sp³-hybridized carbons (Fsp3) is 0.645. The molecule has 1 aliphatic rings. The molecule has 5 atom stereocenters. The van der Waals surface area contributed by atoms with Gasteiger partial charge in [-0.05, 0) is 56.2 Å². The van der Waals surface area contributed by atoms with Gasteiger partial charge in [-0.3, -0.25) is 9.59 Å². The maximum absolute atomic E-state index is 13.7. The zero-order valence-corrected chi connectivity index (χ0v) is 24.0. The number of oxazole rings is 1. The van der Waals surface area contributed by atoms with Crippen molar-refractivity contribution in [2.45, 2.75) is 111 Å². The smallest absolute Gasteiger partial charge is 0.309 e. The van der Waals surface area contributed by atoms with Crippen LogP contribution in [-0.4, -0.2) is 44.3 Å². The molecule has 0 radical (unpaired) electrons. The lowest BCUT2D eigenvalue weighted by atomic mass is 9.71. The number of aliphatic hydroxyl groups excluding tert-OH is 3. The third-order valence-electron chi connectivity index (χ3n) is 8.18. The van der Waals surface area contributed by atoms with Crippen LogP contribution in [0.15, 0.2) is 34.3 Å². The van der Waals surface area contributed by atoms with Crippen molar-refractivity contribution in [3.8, 4) is 0 Å². The van der Waals surface area contributed by atoms with Crippen LogP contribution in [0.1, 0.15) is 104 Å². The molecular formula is C31H45NO7. The Bertz CT molecular complexity index is 1150. The molecule has 0 amide bonds. The van der Waals surface area contributed by atoms with Gasteiger partial charge in [-0.2, -0.15) is 0 Å². The van der Waals surface area contributed by atoms with E-state index in [4.69, 9.17) is 9.15 Å². The summed E-state index contributed by atoms with van der Waals surface area (Å²) >= 11 is 0. The second-order valence-electron chi connectivity index (χ2n) is 11.7. The first-order valence-corrected chi connectivity index (χ1v) is 14.2. The van der Waals surface area contributed by atoms with Crippen LogP contribution in [0.3, 0.4) is 0 Å². The molecule has 8 nitrogen and oxygen atoms in total. The van der Waals surface area contributed by atoms with Crippen LogP contribution >= 0.6 is 0 Å². The SMILES string of the molecule is CCCC[C@H]1C(=O)C(C)(C)[C@@H](O)CC(=O)O[C@H](c2ccc3oc(CO)nc3c2)C/C=C(/C)CCC[C@H](C)[C@@H]1O. The number of ether oxygens (including phenoxy) is 1. The largest absolute Gasteiger partial charge is 0.457 e. The van der Waals surface area contributed by atoms with Gasteiger partial charge < -0.3 is 24.5 Å². The molecule has 0 bridgehead atoms. The van der Waals surface area contributed by atoms with Crippen molar-refractivity contribution in [2.75, 3.05) is 0 Å². The van der Waals surface area contributed by atoms with E-state index in [1.54, 1.807) is 32.0 Å². The highest BCUT2D eigenvalue weighted by Crippen LogP contribution is 2.35. The highest BCUT2D eigenvalue weighted by molar-refractivity contribution is 5.88. The number of benzene rings is 1. The van der Waals surface area contributed by atoms with Gasteiger partial charge in [-0.1, -0.05) is 58.3 Å². The molecule has 0 saturated heterocycles. The minimum Gasteiger partial charge on any atom is -0.457 e. The van der Waals surface area contributed by atoms with Crippen LogP contribution in [0.5, 0.6) is 0 Å². The van der Waals surface area contributed by atoms with Crippen LogP contribution in [0, 0.1) is 17.3 Å². The summed E-state index contributed by atoms with van der Waals surface area (Å²) in [5, 5.41) is 31.7. The molecule has 1 aromatic carbocycles. The number of aromatic nitrogens is 1. The van der Waals surface area contributed by atoms with Gasteiger partial charge in [0.05, 0.1) is 24.0 Å². The van der Waals surface area contributed by atoms with Crippen molar-refractivity contribution < 1.29 is 34.1 Å². The zero-order valence-electron chi connectivity index (χ0n) is 24.0. The second-order valence-corrected chi connectivity index (χ2v) is 11.7. The first-order valence-electron chi connectivity index (χ1n) is 14.2. The monoisotopic (exact) mass is 543 g/mol. The Morgan fingerprint density at radius 1 is 1.18 bits per heavy atom. The number of aliphatic hydroxyl groups is 3. The van der Waals surface area contributed by atoms with Crippen molar-refractivity contribution in [3.05, 3.63) is 41.3 Å². The lowest BCUT2D eigenvalue weighted by Crippen LogP contribution is -2.46. The lowest BCUT2D eigenvalue weighted by Gasteiger charge is -2.36. The summed E-state index contributed by atoms with van der Waals surface area (Å²) in [5.41, 5.74) is 1.72. The first kappa shape index (κ1) is 31.0. The number of hydrogen-bond acceptors (Lipinski definition) is 8. The van der Waals surface area contributed by atoms with E-state index in [1.165, 1.54) is 0 Å². The number of allylic oxidation sites excluding steroid dienone is 1. The first-order chi connectivity index (χ1) is 18.5. The van der Waals surface area contributed by atoms with Crippen LogP contribution in [0.2, 0.25) is 0 Å². The van der Waals surface area contributed by atoms with E-state index in [-0.39, 0.29) is 30.6 Å². The number of cyclic esters (lactones) is 1. The molecule has 216 valence electrons. The maximum atomic E-state index is 13.7. The molecule has 2 heterocycles. The van der Waals surface area contributed by atoms with Crippen molar-refractivity contribution in [3.63, 3.8) is 0 Å². The molecule has 0 unspecified atom stereocenters. The van der Waals surface area contributed by atoms with E-state index in [2.05, 4.69) is 11.1 Å². The normalized spacial score (nSPS) is 29.1. The highest BCUT2D eigenvalue weighted by Gasteiger charge is 2.43. The number of carbonyl (C=O) groups excluding carboxylic acids is 2. The Morgan fingerprint density at radius 2 is 1.92 bits per heavy atom. The van der Waals surface area contributed by atoms with Crippen LogP contribution in [0.4, 0.5) is 0 Å². The van der Waals surface area contributed by atoms with E-state index in [9.17, 15) is 24.9 Å². The number of esters is 1. The average molecular weight is 544 g/mol. The number of nitrogens with zero attached hydrogens (tertiary/aromatic N) is 1. The molecule has 3 rings (SSSR count). The van der Waals surface area contributed by atoms with E-state index in [1.807, 2.05) is 20.8 Å². The number of hydrogen-bond donors (Lipinski definition) is 3. The molecule has 3 N–H and O–H groups in total. The topological polar surface area (TPSA) is 130 Å². The van der Waals surface area contributed by atoms with Crippen molar-refractivity contribution >= 4 is 22.9 Å². The summed E-state index contributed by atoms with van der Waals surface area (Å²) in [6, 6.07) is 5.32. The molecular weight excluding hydrogens is 498 g/mol. The van der Waals surface area contributed by atoms with Gasteiger partial charge >= 0.3 is 5.97 Å². The number of carbonyl (C=O) groups is 2. The summed E-state index contributed by atoms with van der Waals surface area (Å²) in [5.74, 6) is -1.29. The molecule has 2 aromatic rings. The van der Waals surface area contributed by atoms with E-state index < -0.39 is 35.6 Å². The summed E-state index contributed by atoms with van der Waals surface area (Å²) in [6.07, 6.45) is 4.17. The quantitative estimate of drug-likeness (QED) is 0.329. The Morgan fingerprint density at radius 3 is 2.62 bits per heavy atom. The maximum Gasteiger partial charge on any atom is 0.309 e. The summed E-state index contributed by atoms with van der Waals surface area (Å²) < 4.78 is 11.4. The second kappa shape index (κ2) is 13.7. The number of Topliss-reactive ketones (excluding diaryl/α,β-unsaturated/α-hetero) is 1. The van der Waals surface area contributed by atoms with E-state index in [0.717, 1.165) is 43.2 Å². The predicted molar refractivity (Wildman–Crippen MR) is 149 cm³/mol. The Labute approximate surface area is 231 Å². The number of unbranched alkanes of at least 4 members (excludes halogenated alkanes) is 1. The molecule has 0 saturated carbocycles. The number of ketones is 1. The molecule has 1 aromatic heterocycles. The van der Waals surface area contributed by atoms with Gasteiger partial charge in [0.2, 0.25) is 5.89 Å². The van der Waals surface area contributed by atoms with Crippen LogP contribution in [0.25, 0.3) is 11.1 Å². The lowest BCUT2D eigenvalue weighted by molar-refractivity contribution is -0.156. The van der Waals surface area contributed by atoms with Gasteiger partial charge in [-0.15, -0.1) is 0 Å². The Balaban J connectivity index is 1.92. The number of rotatable bonds is 5. The van der Waals surface area contributed by atoms with Gasteiger partial charge in [0, 0.05) is 12.3 Å². The predicted octanol–water partition coefficient (Wildman–Crippen LogP) is 5.57. The standard InChI is InChI=1S/C31H45NO7/c1-6-7-11-22-29(36)20(3)10-8-9-19(2)12-14-24(39-28(35)17-26(34)31(4,5)30(22)37)21-13-15-25-23(16-21)32-27(18-33)38-25/h12-13,15-16,20,22,24,26,29,33-34,36H,6-11,14,17-18H2,1-5H3/b19-12-/t20-,22+,24-,26-,29-/m0/s1. The van der Waals surface area contributed by atoms with Gasteiger partial charge in [0.15, 0.2) is 5.58 Å². The third kappa shape index (κ3) is 7.77. The molecule has 0 aliphatic carbocycles. The molecule has 1 aliphatic heterocycles. The summed E-state index contributed by atoms with van der Waals surface area (Å²) in [6.45, 7) is 9.05. The van der Waals surface area contributed by atoms with Gasteiger partial charge in [0.1, 0.15) is 24.0 Å². The van der Waals surface area contributed by atoms with Crippen molar-refractivity contribution in [2.24, 2.45) is 17.3 Å². The average Bonchev–Trinajstić information content (AvgIpc) is 3.32. The van der Waals surface area contributed by atoms with Crippen molar-refractivity contribution in [1.82, 2.24) is 4.98 Å². The number of fused-ring (bicyclic) bond motifs is 1. The minimum absolute atomic E-state index is 0.0693. The third-order valence-corrected chi connectivity index (χ3v) is 8.18. The Kier molecular flexibility index (Phi) is 10.9. The summed E-state index contributed by atoms with van der Waals surface area (Å²) in [4.78, 5) is 31.1. The Hall–Kier alpha value is -2.55. The van der Waals surface area contributed by atoms with Gasteiger partial charge in [-0.25, -0.2) is 4.98 Å². The molecule has 0 spiro atoms. The van der Waals surface area contributed by atoms with Crippen LogP contribution in [-0.2, 0) is 20.9 Å². The van der Waals surface area contributed by atoms with Crippen molar-refractivity contribution in [1.29, 1.82) is 0 Å². The van der Waals surface area contributed by atoms with Gasteiger partial charge in [0.25, 0.3) is 0 Å². The zero-order chi connectivity index (χ0) is 28.7. The molecule has 39 heavy (non-hydrogen) atoms.